The van der Waals surface area contributed by atoms with Crippen LogP contribution in [0.4, 0.5) is 18.9 Å². The molecule has 0 saturated carbocycles. The van der Waals surface area contributed by atoms with Crippen molar-refractivity contribution in [1.82, 2.24) is 15.3 Å². The Labute approximate surface area is 140 Å². The predicted molar refractivity (Wildman–Crippen MR) is 86.6 cm³/mol. The first kappa shape index (κ1) is 16.7. The van der Waals surface area contributed by atoms with Gasteiger partial charge in [-0.25, -0.2) is 4.98 Å². The first-order valence-corrected chi connectivity index (χ1v) is 7.30. The molecule has 0 aliphatic heterocycles. The van der Waals surface area contributed by atoms with E-state index >= 15 is 0 Å². The molecule has 0 radical (unpaired) electrons. The van der Waals surface area contributed by atoms with Gasteiger partial charge in [0.1, 0.15) is 5.69 Å². The summed E-state index contributed by atoms with van der Waals surface area (Å²) in [7, 11) is 0. The quantitative estimate of drug-likeness (QED) is 0.714. The number of nitrogens with one attached hydrogen (secondary N) is 1. The van der Waals surface area contributed by atoms with Gasteiger partial charge in [0.2, 0.25) is 0 Å². The zero-order chi connectivity index (χ0) is 18.0. The van der Waals surface area contributed by atoms with Gasteiger partial charge in [0.05, 0.1) is 23.3 Å². The highest BCUT2D eigenvalue weighted by Crippen LogP contribution is 2.35. The maximum absolute atomic E-state index is 13.2. The second kappa shape index (κ2) is 6.39. The molecule has 5 nitrogen and oxygen atoms in total. The van der Waals surface area contributed by atoms with Crippen molar-refractivity contribution >= 4 is 22.5 Å². The molecule has 25 heavy (non-hydrogen) atoms. The van der Waals surface area contributed by atoms with Crippen LogP contribution in [0, 0.1) is 0 Å². The van der Waals surface area contributed by atoms with Crippen molar-refractivity contribution in [3.63, 3.8) is 0 Å². The number of carbonyl (C=O) groups excluding carboxylic acids is 1. The molecule has 0 aliphatic rings. The smallest absolute Gasteiger partial charge is 0.399 e. The number of rotatable bonds is 3. The number of amides is 1. The lowest BCUT2D eigenvalue weighted by Gasteiger charge is -2.12. The summed E-state index contributed by atoms with van der Waals surface area (Å²) in [5.74, 6) is -0.586. The monoisotopic (exact) mass is 346 g/mol. The van der Waals surface area contributed by atoms with E-state index in [1.165, 1.54) is 18.2 Å². The standard InChI is InChI=1S/C17H13F3N4O/c18-17(19,20)13-8-11(21)7-10-4-5-14(24-15(10)13)16(25)23-9-12-3-1-2-6-22-12/h1-8H,9,21H2,(H,23,25). The van der Waals surface area contributed by atoms with Crippen LogP contribution in [0.3, 0.4) is 0 Å². The number of fused-ring (bicyclic) bond motifs is 1. The molecule has 0 unspecified atom stereocenters. The van der Waals surface area contributed by atoms with Gasteiger partial charge < -0.3 is 11.1 Å². The van der Waals surface area contributed by atoms with Crippen molar-refractivity contribution in [2.45, 2.75) is 12.7 Å². The molecular weight excluding hydrogens is 333 g/mol. The fourth-order valence-electron chi connectivity index (χ4n) is 2.37. The number of nitrogens with two attached hydrogens (primary N) is 1. The first-order valence-electron chi connectivity index (χ1n) is 7.30. The number of carbonyl (C=O) groups is 1. The number of nitrogens with zero attached hydrogens (tertiary/aromatic N) is 2. The van der Waals surface area contributed by atoms with E-state index in [1.807, 2.05) is 0 Å². The maximum atomic E-state index is 13.2. The molecule has 2 heterocycles. The minimum atomic E-state index is -4.62. The van der Waals surface area contributed by atoms with Crippen LogP contribution >= 0.6 is 0 Å². The molecule has 0 fully saturated rings. The van der Waals surface area contributed by atoms with E-state index < -0.39 is 17.6 Å². The van der Waals surface area contributed by atoms with Crippen molar-refractivity contribution in [2.75, 3.05) is 5.73 Å². The van der Waals surface area contributed by atoms with E-state index in [0.29, 0.717) is 5.69 Å². The summed E-state index contributed by atoms with van der Waals surface area (Å²) >= 11 is 0. The topological polar surface area (TPSA) is 80.9 Å². The predicted octanol–water partition coefficient (Wildman–Crippen LogP) is 3.16. The summed E-state index contributed by atoms with van der Waals surface area (Å²) in [6, 6.07) is 10.2. The van der Waals surface area contributed by atoms with E-state index in [4.69, 9.17) is 5.73 Å². The number of benzene rings is 1. The molecule has 8 heteroatoms. The summed E-state index contributed by atoms with van der Waals surface area (Å²) in [5.41, 5.74) is 4.73. The van der Waals surface area contributed by atoms with Gasteiger partial charge in [-0.05, 0) is 30.3 Å². The van der Waals surface area contributed by atoms with Crippen LogP contribution in [-0.2, 0) is 12.7 Å². The van der Waals surface area contributed by atoms with E-state index in [0.717, 1.165) is 6.07 Å². The van der Waals surface area contributed by atoms with Crippen LogP contribution in [0.15, 0.2) is 48.7 Å². The fourth-order valence-corrected chi connectivity index (χ4v) is 2.37. The van der Waals surface area contributed by atoms with E-state index in [-0.39, 0.29) is 28.8 Å². The Kier molecular flexibility index (Phi) is 4.26. The van der Waals surface area contributed by atoms with Gasteiger partial charge in [-0.2, -0.15) is 13.2 Å². The lowest BCUT2D eigenvalue weighted by atomic mass is 10.1. The Hall–Kier alpha value is -3.16. The molecule has 0 atom stereocenters. The van der Waals surface area contributed by atoms with Crippen LogP contribution < -0.4 is 11.1 Å². The van der Waals surface area contributed by atoms with Crippen molar-refractivity contribution in [2.24, 2.45) is 0 Å². The lowest BCUT2D eigenvalue weighted by Crippen LogP contribution is -2.24. The minimum absolute atomic E-state index is 0.0195. The molecule has 128 valence electrons. The van der Waals surface area contributed by atoms with Crippen LogP contribution in [0.5, 0.6) is 0 Å². The number of pyridine rings is 2. The van der Waals surface area contributed by atoms with Gasteiger partial charge in [-0.15, -0.1) is 0 Å². The zero-order valence-corrected chi connectivity index (χ0v) is 12.8. The van der Waals surface area contributed by atoms with Crippen molar-refractivity contribution < 1.29 is 18.0 Å². The second-order valence-corrected chi connectivity index (χ2v) is 5.34. The summed E-state index contributed by atoms with van der Waals surface area (Å²) in [5, 5.41) is 2.80. The Bertz CT molecular complexity index is 926. The average Bonchev–Trinajstić information content (AvgIpc) is 2.58. The molecule has 0 bridgehead atoms. The average molecular weight is 346 g/mol. The number of anilines is 1. The Morgan fingerprint density at radius 1 is 1.16 bits per heavy atom. The normalized spacial score (nSPS) is 11.5. The van der Waals surface area contributed by atoms with Crippen molar-refractivity contribution in [3.8, 4) is 0 Å². The summed E-state index contributed by atoms with van der Waals surface area (Å²) < 4.78 is 39.6. The zero-order valence-electron chi connectivity index (χ0n) is 12.8. The number of aromatic nitrogens is 2. The maximum Gasteiger partial charge on any atom is 0.418 e. The van der Waals surface area contributed by atoms with Crippen LogP contribution in [0.2, 0.25) is 0 Å². The SMILES string of the molecule is Nc1cc(C(F)(F)F)c2nc(C(=O)NCc3ccccn3)ccc2c1. The molecule has 0 spiro atoms. The minimum Gasteiger partial charge on any atom is -0.399 e. The summed E-state index contributed by atoms with van der Waals surface area (Å²) in [4.78, 5) is 20.1. The molecule has 2 aromatic heterocycles. The van der Waals surface area contributed by atoms with Gasteiger partial charge in [0, 0.05) is 17.3 Å². The second-order valence-electron chi connectivity index (χ2n) is 5.34. The van der Waals surface area contributed by atoms with Gasteiger partial charge in [-0.1, -0.05) is 12.1 Å². The first-order chi connectivity index (χ1) is 11.8. The van der Waals surface area contributed by atoms with Gasteiger partial charge in [-0.3, -0.25) is 9.78 Å². The molecule has 3 N–H and O–H groups in total. The van der Waals surface area contributed by atoms with Gasteiger partial charge in [0.15, 0.2) is 0 Å². The van der Waals surface area contributed by atoms with Crippen molar-refractivity contribution in [3.05, 3.63) is 65.6 Å². The number of hydrogen-bond acceptors (Lipinski definition) is 4. The van der Waals surface area contributed by atoms with Gasteiger partial charge >= 0.3 is 6.18 Å². The van der Waals surface area contributed by atoms with Gasteiger partial charge in [0.25, 0.3) is 5.91 Å². The van der Waals surface area contributed by atoms with Crippen molar-refractivity contribution in [1.29, 1.82) is 0 Å². The Morgan fingerprint density at radius 3 is 2.64 bits per heavy atom. The third-order valence-corrected chi connectivity index (χ3v) is 3.51. The number of halogens is 3. The summed E-state index contributed by atoms with van der Waals surface area (Å²) in [6.45, 7) is 0.146. The summed E-state index contributed by atoms with van der Waals surface area (Å²) in [6.07, 6.45) is -3.04. The Balaban J connectivity index is 1.92. The Morgan fingerprint density at radius 2 is 1.96 bits per heavy atom. The van der Waals surface area contributed by atoms with Crippen LogP contribution in [0.1, 0.15) is 21.7 Å². The number of alkyl halides is 3. The van der Waals surface area contributed by atoms with E-state index in [9.17, 15) is 18.0 Å². The molecule has 3 rings (SSSR count). The third kappa shape index (κ3) is 3.68. The molecule has 1 aromatic carbocycles. The van der Waals surface area contributed by atoms with Crippen LogP contribution in [0.25, 0.3) is 10.9 Å². The largest absolute Gasteiger partial charge is 0.418 e. The van der Waals surface area contributed by atoms with Crippen LogP contribution in [-0.4, -0.2) is 15.9 Å². The number of nitrogen functional groups attached to an aromatic ring is 1. The number of hydrogen-bond donors (Lipinski definition) is 2. The molecular formula is C17H13F3N4O. The lowest BCUT2D eigenvalue weighted by molar-refractivity contribution is -0.136. The highest BCUT2D eigenvalue weighted by Gasteiger charge is 2.34. The molecule has 1 amide bonds. The van der Waals surface area contributed by atoms with E-state index in [2.05, 4.69) is 15.3 Å². The molecule has 0 aliphatic carbocycles. The van der Waals surface area contributed by atoms with E-state index in [1.54, 1.807) is 24.4 Å². The third-order valence-electron chi connectivity index (χ3n) is 3.51. The molecule has 3 aromatic rings. The highest BCUT2D eigenvalue weighted by molar-refractivity contribution is 5.96. The fraction of sp³-hybridized carbons (Fsp3) is 0.118. The highest BCUT2D eigenvalue weighted by atomic mass is 19.4. The molecule has 0 saturated heterocycles.